The predicted octanol–water partition coefficient (Wildman–Crippen LogP) is 4.85. The molecule has 4 heteroatoms. The normalized spacial score (nSPS) is 13.8. The van der Waals surface area contributed by atoms with E-state index in [-0.39, 0.29) is 12.1 Å². The average Bonchev–Trinajstić information content (AvgIpc) is 2.46. The first-order valence-corrected chi connectivity index (χ1v) is 7.29. The summed E-state index contributed by atoms with van der Waals surface area (Å²) in [6, 6.07) is 14.8. The van der Waals surface area contributed by atoms with Gasteiger partial charge in [0.1, 0.15) is 11.9 Å². The van der Waals surface area contributed by atoms with Crippen molar-refractivity contribution < 1.29 is 4.74 Å². The summed E-state index contributed by atoms with van der Waals surface area (Å²) < 4.78 is 6.02. The maximum absolute atomic E-state index is 6.18. The van der Waals surface area contributed by atoms with Crippen LogP contribution in [-0.2, 0) is 0 Å². The lowest BCUT2D eigenvalue weighted by Gasteiger charge is -2.25. The van der Waals surface area contributed by atoms with E-state index in [1.165, 1.54) is 0 Å². The zero-order chi connectivity index (χ0) is 14.5. The van der Waals surface area contributed by atoms with Gasteiger partial charge in [-0.1, -0.05) is 42.3 Å². The van der Waals surface area contributed by atoms with Crippen molar-refractivity contribution >= 4 is 23.2 Å². The summed E-state index contributed by atoms with van der Waals surface area (Å²) in [6.07, 6.45) is 0.574. The summed E-state index contributed by atoms with van der Waals surface area (Å²) in [4.78, 5) is 0. The van der Waals surface area contributed by atoms with Gasteiger partial charge in [0.25, 0.3) is 0 Å². The van der Waals surface area contributed by atoms with Crippen LogP contribution < -0.4 is 10.5 Å². The number of hydrogen-bond donors (Lipinski definition) is 1. The van der Waals surface area contributed by atoms with E-state index in [4.69, 9.17) is 33.7 Å². The first-order chi connectivity index (χ1) is 9.60. The van der Waals surface area contributed by atoms with Crippen LogP contribution in [0.25, 0.3) is 0 Å². The molecule has 0 heterocycles. The molecule has 20 heavy (non-hydrogen) atoms. The van der Waals surface area contributed by atoms with E-state index in [9.17, 15) is 0 Å². The third kappa shape index (κ3) is 3.89. The summed E-state index contributed by atoms with van der Waals surface area (Å²) in [6.45, 7) is 2.04. The van der Waals surface area contributed by atoms with Crippen molar-refractivity contribution in [2.75, 3.05) is 0 Å². The molecule has 0 saturated heterocycles. The molecular formula is C16H17Cl2NO. The maximum Gasteiger partial charge on any atom is 0.139 e. The molecule has 0 radical (unpaired) electrons. The molecule has 2 nitrogen and oxygen atoms in total. The van der Waals surface area contributed by atoms with E-state index in [0.29, 0.717) is 10.0 Å². The predicted molar refractivity (Wildman–Crippen MR) is 84.5 cm³/mol. The third-order valence-electron chi connectivity index (χ3n) is 3.11. The van der Waals surface area contributed by atoms with Gasteiger partial charge < -0.3 is 10.5 Å². The Bertz CT molecular complexity index is 557. The molecule has 2 aromatic rings. The zero-order valence-corrected chi connectivity index (χ0v) is 12.7. The van der Waals surface area contributed by atoms with Crippen molar-refractivity contribution in [2.24, 2.45) is 5.73 Å². The second kappa shape index (κ2) is 6.98. The molecule has 0 aliphatic rings. The first-order valence-electron chi connectivity index (χ1n) is 6.53. The molecule has 2 unspecified atom stereocenters. The molecule has 0 aliphatic carbocycles. The third-order valence-corrected chi connectivity index (χ3v) is 3.60. The summed E-state index contributed by atoms with van der Waals surface area (Å²) in [7, 11) is 0. The highest BCUT2D eigenvalue weighted by atomic mass is 35.5. The molecule has 0 aromatic heterocycles. The molecule has 2 N–H and O–H groups in total. The van der Waals surface area contributed by atoms with E-state index in [1.54, 1.807) is 12.1 Å². The Hall–Kier alpha value is -1.22. The molecule has 2 rings (SSSR count). The molecule has 106 valence electrons. The van der Waals surface area contributed by atoms with E-state index in [0.717, 1.165) is 17.7 Å². The number of rotatable bonds is 5. The van der Waals surface area contributed by atoms with E-state index >= 15 is 0 Å². The summed E-state index contributed by atoms with van der Waals surface area (Å²) in [5.41, 5.74) is 7.16. The van der Waals surface area contributed by atoms with Gasteiger partial charge in [-0.05, 0) is 48.4 Å². The number of ether oxygens (including phenoxy) is 1. The van der Waals surface area contributed by atoms with Gasteiger partial charge in [-0.15, -0.1) is 0 Å². The molecule has 0 amide bonds. The summed E-state index contributed by atoms with van der Waals surface area (Å²) >= 11 is 11.9. The van der Waals surface area contributed by atoms with Crippen LogP contribution in [-0.4, -0.2) is 6.04 Å². The minimum Gasteiger partial charge on any atom is -0.484 e. The van der Waals surface area contributed by atoms with E-state index in [2.05, 4.69) is 0 Å². The SMILES string of the molecule is CCC(N)C(Oc1ccc(Cl)cc1)c1cccc(Cl)c1. The Morgan fingerprint density at radius 3 is 2.35 bits per heavy atom. The Labute approximate surface area is 129 Å². The quantitative estimate of drug-likeness (QED) is 0.856. The zero-order valence-electron chi connectivity index (χ0n) is 11.2. The van der Waals surface area contributed by atoms with Crippen LogP contribution >= 0.6 is 23.2 Å². The van der Waals surface area contributed by atoms with Crippen molar-refractivity contribution in [3.8, 4) is 5.75 Å². The highest BCUT2D eigenvalue weighted by Gasteiger charge is 2.20. The fourth-order valence-electron chi connectivity index (χ4n) is 1.96. The topological polar surface area (TPSA) is 35.2 Å². The van der Waals surface area contributed by atoms with Gasteiger partial charge in [0.2, 0.25) is 0 Å². The Kier molecular flexibility index (Phi) is 5.30. The van der Waals surface area contributed by atoms with Gasteiger partial charge in [-0.3, -0.25) is 0 Å². The largest absolute Gasteiger partial charge is 0.484 e. The minimum absolute atomic E-state index is 0.107. The lowest BCUT2D eigenvalue weighted by atomic mass is 10.0. The fraction of sp³-hybridized carbons (Fsp3) is 0.250. The number of nitrogens with two attached hydrogens (primary N) is 1. The van der Waals surface area contributed by atoms with E-state index in [1.807, 2.05) is 43.3 Å². The monoisotopic (exact) mass is 309 g/mol. The molecule has 2 atom stereocenters. The summed E-state index contributed by atoms with van der Waals surface area (Å²) in [5, 5.41) is 1.35. The smallest absolute Gasteiger partial charge is 0.139 e. The van der Waals surface area contributed by atoms with Gasteiger partial charge >= 0.3 is 0 Å². The maximum atomic E-state index is 6.18. The molecule has 0 aliphatic heterocycles. The first kappa shape index (κ1) is 15.2. The van der Waals surface area contributed by atoms with Crippen LogP contribution in [0.1, 0.15) is 25.0 Å². The van der Waals surface area contributed by atoms with Crippen LogP contribution in [0, 0.1) is 0 Å². The van der Waals surface area contributed by atoms with Gasteiger partial charge in [-0.2, -0.15) is 0 Å². The van der Waals surface area contributed by atoms with Crippen molar-refractivity contribution in [1.29, 1.82) is 0 Å². The number of halogens is 2. The highest BCUT2D eigenvalue weighted by molar-refractivity contribution is 6.30. The second-order valence-electron chi connectivity index (χ2n) is 4.62. The van der Waals surface area contributed by atoms with Crippen LogP contribution in [0.4, 0.5) is 0 Å². The van der Waals surface area contributed by atoms with Crippen molar-refractivity contribution in [1.82, 2.24) is 0 Å². The molecular weight excluding hydrogens is 293 g/mol. The molecule has 0 fully saturated rings. The van der Waals surface area contributed by atoms with Crippen molar-refractivity contribution in [3.63, 3.8) is 0 Å². The van der Waals surface area contributed by atoms with Crippen molar-refractivity contribution in [3.05, 3.63) is 64.1 Å². The number of benzene rings is 2. The second-order valence-corrected chi connectivity index (χ2v) is 5.49. The summed E-state index contributed by atoms with van der Waals surface area (Å²) in [5.74, 6) is 0.739. The Balaban J connectivity index is 2.26. The van der Waals surface area contributed by atoms with Crippen molar-refractivity contribution in [2.45, 2.75) is 25.5 Å². The van der Waals surface area contributed by atoms with Gasteiger partial charge in [-0.25, -0.2) is 0 Å². The molecule has 0 spiro atoms. The highest BCUT2D eigenvalue weighted by Crippen LogP contribution is 2.28. The standard InChI is InChI=1S/C16H17Cl2NO/c1-2-15(19)16(11-4-3-5-13(18)10-11)20-14-8-6-12(17)7-9-14/h3-10,15-16H,2,19H2,1H3. The molecule has 0 bridgehead atoms. The average molecular weight is 310 g/mol. The lowest BCUT2D eigenvalue weighted by molar-refractivity contribution is 0.171. The molecule has 2 aromatic carbocycles. The van der Waals surface area contributed by atoms with Gasteiger partial charge in [0.05, 0.1) is 0 Å². The van der Waals surface area contributed by atoms with Crippen LogP contribution in [0.3, 0.4) is 0 Å². The Morgan fingerprint density at radius 1 is 1.05 bits per heavy atom. The minimum atomic E-state index is -0.236. The van der Waals surface area contributed by atoms with Gasteiger partial charge in [0.15, 0.2) is 0 Å². The van der Waals surface area contributed by atoms with Crippen LogP contribution in [0.5, 0.6) is 5.75 Å². The molecule has 0 saturated carbocycles. The lowest BCUT2D eigenvalue weighted by Crippen LogP contribution is -2.31. The van der Waals surface area contributed by atoms with Crippen LogP contribution in [0.15, 0.2) is 48.5 Å². The Morgan fingerprint density at radius 2 is 1.75 bits per heavy atom. The van der Waals surface area contributed by atoms with Gasteiger partial charge in [0, 0.05) is 16.1 Å². The van der Waals surface area contributed by atoms with E-state index < -0.39 is 0 Å². The fourth-order valence-corrected chi connectivity index (χ4v) is 2.28. The number of hydrogen-bond acceptors (Lipinski definition) is 2. The van der Waals surface area contributed by atoms with Crippen LogP contribution in [0.2, 0.25) is 10.0 Å².